The fourth-order valence-electron chi connectivity index (χ4n) is 9.78. The zero-order valence-corrected chi connectivity index (χ0v) is 35.5. The van der Waals surface area contributed by atoms with E-state index in [1.54, 1.807) is 24.3 Å². The Morgan fingerprint density at radius 2 is 0.833 bits per heavy atom. The molecule has 4 unspecified atom stereocenters. The van der Waals surface area contributed by atoms with Gasteiger partial charge in [-0.2, -0.15) is 0 Å². The number of piperidine rings is 2. The van der Waals surface area contributed by atoms with Gasteiger partial charge in [0, 0.05) is 79.1 Å². The van der Waals surface area contributed by atoms with Gasteiger partial charge in [-0.3, -0.25) is 37.7 Å². The normalized spacial score (nSPS) is 28.0. The van der Waals surface area contributed by atoms with Crippen LogP contribution in [-0.4, -0.2) is 95.3 Å². The standard InChI is InChI=1S/C46H58N2O12/c1-29(49)55-41-17-11-33(23-43(41)57-31(3)51)9-7-21-47(5)35-13-14-36(47)26-39(25-35)59-45(53)19-20-46(54)60-40-27-37-15-16-38(28-40)48(37,6)22-8-10-34-12-18-42(56-30(2)50)44(24-34)58-32(4)52/h7-8,11-12,17-18,21-24,35-40H,9-10,13-16,19-20,25-28H2,1-6H3/q+2/t35-,36+,37-,38+,39?,40?,47?,48?. The first kappa shape index (κ1) is 44.2. The number of hydrogen-bond donors (Lipinski definition) is 0. The monoisotopic (exact) mass is 830 g/mol. The molecular formula is C46H58N2O12+2. The summed E-state index contributed by atoms with van der Waals surface area (Å²) in [5.41, 5.74) is 1.80. The number of nitrogens with zero attached hydrogens (tertiary/aromatic N) is 2. The fourth-order valence-corrected chi connectivity index (χ4v) is 9.78. The van der Waals surface area contributed by atoms with Crippen LogP contribution in [0.2, 0.25) is 0 Å². The second-order valence-corrected chi connectivity index (χ2v) is 17.0. The highest BCUT2D eigenvalue weighted by Crippen LogP contribution is 2.44. The topological polar surface area (TPSA) is 158 Å². The van der Waals surface area contributed by atoms with Crippen molar-refractivity contribution in [2.45, 2.75) is 141 Å². The number of carbonyl (C=O) groups is 6. The fraction of sp³-hybridized carbons (Fsp3) is 0.522. The van der Waals surface area contributed by atoms with E-state index in [2.05, 4.69) is 38.6 Å². The van der Waals surface area contributed by atoms with Crippen molar-refractivity contribution in [2.24, 2.45) is 0 Å². The van der Waals surface area contributed by atoms with E-state index in [0.29, 0.717) is 37.0 Å². The van der Waals surface area contributed by atoms with Crippen molar-refractivity contribution in [3.63, 3.8) is 0 Å². The Morgan fingerprint density at radius 1 is 0.517 bits per heavy atom. The van der Waals surface area contributed by atoms with Crippen molar-refractivity contribution in [1.82, 2.24) is 0 Å². The van der Waals surface area contributed by atoms with Gasteiger partial charge in [0.25, 0.3) is 0 Å². The van der Waals surface area contributed by atoms with Crippen molar-refractivity contribution in [1.29, 1.82) is 0 Å². The maximum absolute atomic E-state index is 13.0. The molecular weight excluding hydrogens is 773 g/mol. The highest BCUT2D eigenvalue weighted by atomic mass is 16.6. The third-order valence-corrected chi connectivity index (χ3v) is 12.7. The number of quaternary nitrogens is 2. The first-order valence-electron chi connectivity index (χ1n) is 21.0. The number of allylic oxidation sites excluding steroid dienone is 2. The number of carbonyl (C=O) groups excluding carboxylic acids is 6. The number of ether oxygens (including phenoxy) is 6. The molecule has 0 radical (unpaired) electrons. The predicted octanol–water partition coefficient (Wildman–Crippen LogP) is 6.35. The maximum Gasteiger partial charge on any atom is 0.308 e. The summed E-state index contributed by atoms with van der Waals surface area (Å²) in [4.78, 5) is 72.2. The molecule has 4 saturated heterocycles. The lowest BCUT2D eigenvalue weighted by atomic mass is 9.97. The van der Waals surface area contributed by atoms with Gasteiger partial charge in [-0.25, -0.2) is 0 Å². The minimum atomic E-state index is -0.504. The Kier molecular flexibility index (Phi) is 14.0. The van der Waals surface area contributed by atoms with Crippen LogP contribution in [0.15, 0.2) is 61.0 Å². The molecule has 4 fully saturated rings. The summed E-state index contributed by atoms with van der Waals surface area (Å²) in [6.07, 6.45) is 16.5. The molecule has 2 aromatic rings. The maximum atomic E-state index is 13.0. The summed E-state index contributed by atoms with van der Waals surface area (Å²) in [5, 5.41) is 0. The minimum absolute atomic E-state index is 0.0145. The van der Waals surface area contributed by atoms with Gasteiger partial charge in [0.2, 0.25) is 0 Å². The van der Waals surface area contributed by atoms with Crippen LogP contribution >= 0.6 is 0 Å². The van der Waals surface area contributed by atoms with E-state index < -0.39 is 23.9 Å². The smallest absolute Gasteiger partial charge is 0.308 e. The number of fused-ring (bicyclic) bond motifs is 4. The second kappa shape index (κ2) is 18.9. The van der Waals surface area contributed by atoms with E-state index in [1.165, 1.54) is 27.7 Å². The summed E-state index contributed by atoms with van der Waals surface area (Å²) in [6.45, 7) is 5.17. The van der Waals surface area contributed by atoms with Gasteiger partial charge in [-0.15, -0.1) is 0 Å². The Labute approximate surface area is 351 Å². The van der Waals surface area contributed by atoms with Gasteiger partial charge in [-0.05, 0) is 60.4 Å². The lowest BCUT2D eigenvalue weighted by Gasteiger charge is -2.44. The summed E-state index contributed by atoms with van der Waals surface area (Å²) in [5.74, 6) is -1.96. The highest BCUT2D eigenvalue weighted by molar-refractivity contribution is 5.78. The number of hydrogen-bond acceptors (Lipinski definition) is 12. The highest BCUT2D eigenvalue weighted by Gasteiger charge is 2.52. The van der Waals surface area contributed by atoms with Gasteiger partial charge in [0.1, 0.15) is 12.2 Å². The van der Waals surface area contributed by atoms with E-state index in [-0.39, 0.29) is 60.0 Å². The summed E-state index contributed by atoms with van der Waals surface area (Å²) >= 11 is 0. The molecule has 0 saturated carbocycles. The third-order valence-electron chi connectivity index (χ3n) is 12.7. The predicted molar refractivity (Wildman–Crippen MR) is 217 cm³/mol. The van der Waals surface area contributed by atoms with Gasteiger partial charge in [0.05, 0.1) is 63.5 Å². The third kappa shape index (κ3) is 10.9. The zero-order valence-electron chi connectivity index (χ0n) is 35.5. The van der Waals surface area contributed by atoms with Gasteiger partial charge in [-0.1, -0.05) is 12.1 Å². The van der Waals surface area contributed by atoms with Crippen molar-refractivity contribution < 1.29 is 66.2 Å². The molecule has 14 heteroatoms. The Balaban J connectivity index is 0.938. The van der Waals surface area contributed by atoms with Crippen molar-refractivity contribution in [3.8, 4) is 23.0 Å². The van der Waals surface area contributed by atoms with E-state index in [0.717, 1.165) is 71.5 Å². The van der Waals surface area contributed by atoms with E-state index in [9.17, 15) is 28.8 Å². The van der Waals surface area contributed by atoms with Crippen LogP contribution in [-0.2, 0) is 51.1 Å². The van der Waals surface area contributed by atoms with Crippen LogP contribution < -0.4 is 18.9 Å². The average Bonchev–Trinajstić information content (AvgIpc) is 3.39. The Hall–Kier alpha value is -5.34. The number of esters is 6. The molecule has 4 bridgehead atoms. The van der Waals surface area contributed by atoms with Crippen LogP contribution in [0.3, 0.4) is 0 Å². The van der Waals surface area contributed by atoms with E-state index in [4.69, 9.17) is 28.4 Å². The Bertz CT molecular complexity index is 1870. The molecule has 322 valence electrons. The molecule has 0 amide bonds. The lowest BCUT2D eigenvalue weighted by Crippen LogP contribution is -2.55. The van der Waals surface area contributed by atoms with Crippen LogP contribution in [0.4, 0.5) is 0 Å². The average molecular weight is 831 g/mol. The summed E-state index contributed by atoms with van der Waals surface area (Å²) in [6, 6.07) is 11.5. The molecule has 0 spiro atoms. The second-order valence-electron chi connectivity index (χ2n) is 17.0. The molecule has 0 aromatic heterocycles. The first-order chi connectivity index (χ1) is 28.5. The van der Waals surface area contributed by atoms with Crippen LogP contribution in [0.5, 0.6) is 23.0 Å². The summed E-state index contributed by atoms with van der Waals surface area (Å²) < 4.78 is 34.3. The molecule has 14 nitrogen and oxygen atoms in total. The van der Waals surface area contributed by atoms with Crippen LogP contribution in [0.1, 0.15) is 103 Å². The zero-order chi connectivity index (χ0) is 43.2. The van der Waals surface area contributed by atoms with Gasteiger partial charge >= 0.3 is 35.8 Å². The largest absolute Gasteiger partial charge is 0.462 e. The summed E-state index contributed by atoms with van der Waals surface area (Å²) in [7, 11) is 4.43. The Morgan fingerprint density at radius 3 is 1.15 bits per heavy atom. The molecule has 0 N–H and O–H groups in total. The number of rotatable bonds is 15. The number of benzene rings is 2. The van der Waals surface area contributed by atoms with Crippen LogP contribution in [0, 0.1) is 0 Å². The molecule has 60 heavy (non-hydrogen) atoms. The minimum Gasteiger partial charge on any atom is -0.462 e. The lowest BCUT2D eigenvalue weighted by molar-refractivity contribution is -0.902. The SMILES string of the molecule is CC(=O)Oc1ccc(CC=C[N+]2(C)[C@@H]3CC[C@H]2CC(OC(=O)CCC(=O)OC2C[C@H]4CC[C@@H](C2)[N+]4(C)C=CCc2ccc(OC(C)=O)c(OC(C)=O)c2)C3)cc1OC(C)=O. The molecule has 4 aliphatic heterocycles. The quantitative estimate of drug-likeness (QED) is 0.112. The molecule has 2 aromatic carbocycles. The van der Waals surface area contributed by atoms with Gasteiger partial charge in [0.15, 0.2) is 23.0 Å². The molecule has 0 aliphatic carbocycles. The first-order valence-corrected chi connectivity index (χ1v) is 21.0. The van der Waals surface area contributed by atoms with Crippen LogP contribution in [0.25, 0.3) is 0 Å². The van der Waals surface area contributed by atoms with E-state index >= 15 is 0 Å². The molecule has 4 heterocycles. The molecule has 8 atom stereocenters. The van der Waals surface area contributed by atoms with Gasteiger partial charge < -0.3 is 28.4 Å². The van der Waals surface area contributed by atoms with Crippen molar-refractivity contribution in [2.75, 3.05) is 14.1 Å². The van der Waals surface area contributed by atoms with Crippen molar-refractivity contribution in [3.05, 3.63) is 72.1 Å². The van der Waals surface area contributed by atoms with E-state index in [1.807, 2.05) is 12.1 Å². The molecule has 4 aliphatic rings. The molecule has 6 rings (SSSR count). The van der Waals surface area contributed by atoms with Crippen molar-refractivity contribution >= 4 is 35.8 Å².